The van der Waals surface area contributed by atoms with Crippen LogP contribution in [0.1, 0.15) is 25.7 Å². The van der Waals surface area contributed by atoms with Crippen molar-refractivity contribution in [2.75, 3.05) is 24.6 Å². The Morgan fingerprint density at radius 3 is 0.941 bits per heavy atom. The van der Waals surface area contributed by atoms with E-state index in [1.807, 2.05) is 0 Å². The van der Waals surface area contributed by atoms with Crippen LogP contribution in [0.25, 0.3) is 0 Å². The maximum atomic E-state index is 3.86. The summed E-state index contributed by atoms with van der Waals surface area (Å²) in [5.41, 5.74) is 0. The zero-order chi connectivity index (χ0) is 13.0. The minimum Gasteiger partial charge on any atom is -0.103 e. The number of hydrogen-bond donors (Lipinski definition) is 0. The van der Waals surface area contributed by atoms with Crippen molar-refractivity contribution in [2.24, 2.45) is 0 Å². The summed E-state index contributed by atoms with van der Waals surface area (Å²) >= 11 is 0. The van der Waals surface area contributed by atoms with Gasteiger partial charge >= 0.3 is 0 Å². The molecule has 1 heteroatoms. The Kier molecular flexibility index (Phi) is 10.2. The van der Waals surface area contributed by atoms with Gasteiger partial charge in [0.2, 0.25) is 0 Å². The second kappa shape index (κ2) is 10.5. The van der Waals surface area contributed by atoms with Crippen LogP contribution in [0.15, 0.2) is 50.6 Å². The molecule has 0 bridgehead atoms. The molecule has 0 aromatic rings. The highest BCUT2D eigenvalue weighted by atomic mass is 31.2. The van der Waals surface area contributed by atoms with Crippen molar-refractivity contribution in [2.45, 2.75) is 25.7 Å². The predicted molar refractivity (Wildman–Crippen MR) is 85.6 cm³/mol. The van der Waals surface area contributed by atoms with Crippen molar-refractivity contribution < 1.29 is 0 Å². The van der Waals surface area contributed by atoms with Crippen molar-refractivity contribution in [3.8, 4) is 0 Å². The van der Waals surface area contributed by atoms with E-state index >= 15 is 0 Å². The van der Waals surface area contributed by atoms with Crippen LogP contribution in [0.5, 0.6) is 0 Å². The van der Waals surface area contributed by atoms with E-state index in [2.05, 4.69) is 50.6 Å². The summed E-state index contributed by atoms with van der Waals surface area (Å²) < 4.78 is 0. The van der Waals surface area contributed by atoms with Gasteiger partial charge in [-0.1, -0.05) is 24.3 Å². The quantitative estimate of drug-likeness (QED) is 0.326. The highest BCUT2D eigenvalue weighted by Crippen LogP contribution is 2.60. The lowest BCUT2D eigenvalue weighted by Gasteiger charge is -2.26. The molecule has 0 aromatic heterocycles. The molecule has 0 N–H and O–H groups in total. The number of allylic oxidation sites excluding steroid dienone is 4. The SMILES string of the molecule is C=CCC[P+](CCC=C)(CCC=C)CCC=C. The van der Waals surface area contributed by atoms with Crippen molar-refractivity contribution in [1.82, 2.24) is 0 Å². The topological polar surface area (TPSA) is 0 Å². The van der Waals surface area contributed by atoms with Crippen LogP contribution < -0.4 is 0 Å². The van der Waals surface area contributed by atoms with Gasteiger partial charge in [0, 0.05) is 7.26 Å². The number of rotatable bonds is 12. The first-order valence-electron chi connectivity index (χ1n) is 6.53. The monoisotopic (exact) mass is 251 g/mol. The molecular formula is C16H28P+. The third-order valence-corrected chi connectivity index (χ3v) is 8.06. The average molecular weight is 251 g/mol. The molecule has 0 aliphatic carbocycles. The first-order valence-corrected chi connectivity index (χ1v) is 9.06. The lowest BCUT2D eigenvalue weighted by atomic mass is 10.5. The molecule has 0 radical (unpaired) electrons. The van der Waals surface area contributed by atoms with Gasteiger partial charge in [-0.05, 0) is 25.7 Å². The molecule has 0 atom stereocenters. The van der Waals surface area contributed by atoms with Crippen molar-refractivity contribution in [3.63, 3.8) is 0 Å². The zero-order valence-electron chi connectivity index (χ0n) is 11.2. The van der Waals surface area contributed by atoms with E-state index in [9.17, 15) is 0 Å². The molecule has 0 amide bonds. The predicted octanol–water partition coefficient (Wildman–Crippen LogP) is 5.31. The lowest BCUT2D eigenvalue weighted by molar-refractivity contribution is 1.06. The third kappa shape index (κ3) is 7.34. The van der Waals surface area contributed by atoms with E-state index in [4.69, 9.17) is 0 Å². The number of hydrogen-bond acceptors (Lipinski definition) is 0. The summed E-state index contributed by atoms with van der Waals surface area (Å²) in [7, 11) is -0.847. The smallest absolute Gasteiger partial charge is 0.0629 e. The normalized spacial score (nSPS) is 10.8. The van der Waals surface area contributed by atoms with Crippen molar-refractivity contribution in [3.05, 3.63) is 50.6 Å². The van der Waals surface area contributed by atoms with Gasteiger partial charge in [0.15, 0.2) is 0 Å². The van der Waals surface area contributed by atoms with E-state index in [1.165, 1.54) is 24.6 Å². The van der Waals surface area contributed by atoms with Gasteiger partial charge in [-0.15, -0.1) is 26.3 Å². The highest BCUT2D eigenvalue weighted by Gasteiger charge is 2.33. The van der Waals surface area contributed by atoms with Crippen LogP contribution in [-0.2, 0) is 0 Å². The first kappa shape index (κ1) is 16.4. The van der Waals surface area contributed by atoms with Gasteiger partial charge in [-0.2, -0.15) is 0 Å². The highest BCUT2D eigenvalue weighted by molar-refractivity contribution is 7.75. The second-order valence-electron chi connectivity index (χ2n) is 4.55. The molecule has 17 heavy (non-hydrogen) atoms. The summed E-state index contributed by atoms with van der Waals surface area (Å²) in [5, 5.41) is 0. The molecule has 0 saturated heterocycles. The fourth-order valence-electron chi connectivity index (χ4n) is 2.13. The largest absolute Gasteiger partial charge is 0.103 e. The Balaban J connectivity index is 4.59. The Bertz CT molecular complexity index is 186. The van der Waals surface area contributed by atoms with Crippen LogP contribution in [-0.4, -0.2) is 24.6 Å². The maximum absolute atomic E-state index is 3.86. The van der Waals surface area contributed by atoms with Crippen LogP contribution in [0.3, 0.4) is 0 Å². The van der Waals surface area contributed by atoms with Crippen LogP contribution in [0.2, 0.25) is 0 Å². The molecule has 0 aliphatic rings. The molecular weight excluding hydrogens is 223 g/mol. The van der Waals surface area contributed by atoms with Gasteiger partial charge < -0.3 is 0 Å². The van der Waals surface area contributed by atoms with Crippen molar-refractivity contribution >= 4 is 7.26 Å². The Hall–Kier alpha value is -0.610. The molecule has 0 unspecified atom stereocenters. The molecule has 0 rings (SSSR count). The minimum atomic E-state index is -0.847. The van der Waals surface area contributed by atoms with E-state index in [1.54, 1.807) is 0 Å². The molecule has 96 valence electrons. The Morgan fingerprint density at radius 2 is 0.765 bits per heavy atom. The zero-order valence-corrected chi connectivity index (χ0v) is 12.1. The van der Waals surface area contributed by atoms with Crippen LogP contribution >= 0.6 is 7.26 Å². The molecule has 0 fully saturated rings. The van der Waals surface area contributed by atoms with E-state index in [-0.39, 0.29) is 0 Å². The first-order chi connectivity index (χ1) is 8.24. The van der Waals surface area contributed by atoms with Gasteiger partial charge in [-0.25, -0.2) is 0 Å². The van der Waals surface area contributed by atoms with Gasteiger partial charge in [0.1, 0.15) is 0 Å². The fraction of sp³-hybridized carbons (Fsp3) is 0.500. The lowest BCUT2D eigenvalue weighted by Crippen LogP contribution is -2.11. The van der Waals surface area contributed by atoms with E-state index in [0.717, 1.165) is 25.7 Å². The summed E-state index contributed by atoms with van der Waals surface area (Å²) in [6.45, 7) is 15.4. The Labute approximate surface area is 109 Å². The maximum Gasteiger partial charge on any atom is 0.0629 e. The van der Waals surface area contributed by atoms with Gasteiger partial charge in [0.05, 0.1) is 24.6 Å². The summed E-state index contributed by atoms with van der Waals surface area (Å²) in [6.07, 6.45) is 18.2. The van der Waals surface area contributed by atoms with Crippen LogP contribution in [0.4, 0.5) is 0 Å². The minimum absolute atomic E-state index is 0.847. The van der Waals surface area contributed by atoms with E-state index in [0.29, 0.717) is 0 Å². The van der Waals surface area contributed by atoms with Crippen molar-refractivity contribution in [1.29, 1.82) is 0 Å². The standard InChI is InChI=1S/C16H28P/c1-5-9-13-17(14-10-6-2,15-11-7-3)16-12-8-4/h5-8H,1-4,9-16H2/q+1. The molecule has 0 aliphatic heterocycles. The van der Waals surface area contributed by atoms with Gasteiger partial charge in [0.25, 0.3) is 0 Å². The molecule has 0 aromatic carbocycles. The summed E-state index contributed by atoms with van der Waals surface area (Å²) in [4.78, 5) is 0. The summed E-state index contributed by atoms with van der Waals surface area (Å²) in [6, 6.07) is 0. The second-order valence-corrected chi connectivity index (χ2v) is 9.02. The van der Waals surface area contributed by atoms with E-state index < -0.39 is 7.26 Å². The molecule has 0 heterocycles. The average Bonchev–Trinajstić information content (AvgIpc) is 2.37. The van der Waals surface area contributed by atoms with Crippen LogP contribution in [0, 0.1) is 0 Å². The van der Waals surface area contributed by atoms with Gasteiger partial charge in [-0.3, -0.25) is 0 Å². The fourth-order valence-corrected chi connectivity index (χ4v) is 6.39. The third-order valence-electron chi connectivity index (χ3n) is 3.23. The Morgan fingerprint density at radius 1 is 0.529 bits per heavy atom. The molecule has 0 saturated carbocycles. The molecule has 0 spiro atoms. The molecule has 0 nitrogen and oxygen atoms in total. The summed E-state index contributed by atoms with van der Waals surface area (Å²) in [5.74, 6) is 0.